The minimum atomic E-state index is -5.08. The van der Waals surface area contributed by atoms with Crippen LogP contribution >= 0.6 is 0 Å². The molecular formula is C20H23F5N4O6. The number of hydrogen-bond acceptors (Lipinski definition) is 8. The molecule has 7 N–H and O–H groups in total. The number of carbonyl (C=O) groups is 2. The van der Waals surface area contributed by atoms with E-state index in [0.717, 1.165) is 0 Å². The number of halogens is 5. The van der Waals surface area contributed by atoms with Gasteiger partial charge in [-0.25, -0.2) is 23.5 Å². The van der Waals surface area contributed by atoms with Crippen molar-refractivity contribution < 1.29 is 52.0 Å². The molecular weight excluding hydrogens is 487 g/mol. The normalized spacial score (nSPS) is 13.9. The van der Waals surface area contributed by atoms with Gasteiger partial charge in [0, 0.05) is 11.6 Å². The zero-order chi connectivity index (χ0) is 27.1. The zero-order valence-corrected chi connectivity index (χ0v) is 18.3. The van der Waals surface area contributed by atoms with Crippen LogP contribution in [0.25, 0.3) is 11.3 Å². The molecule has 1 amide bonds. The molecule has 0 fully saturated rings. The number of rotatable bonds is 7. The monoisotopic (exact) mass is 510 g/mol. The first-order valence-electron chi connectivity index (χ1n) is 9.65. The van der Waals surface area contributed by atoms with Crippen molar-refractivity contribution >= 4 is 17.7 Å². The number of aromatic nitrogens is 2. The molecule has 2 aromatic rings. The van der Waals surface area contributed by atoms with Crippen LogP contribution in [0.1, 0.15) is 28.5 Å². The third-order valence-electron chi connectivity index (χ3n) is 4.53. The van der Waals surface area contributed by atoms with Gasteiger partial charge >= 0.3 is 12.1 Å². The van der Waals surface area contributed by atoms with E-state index in [-0.39, 0.29) is 29.4 Å². The summed E-state index contributed by atoms with van der Waals surface area (Å²) in [5.74, 6) is -3.55. The lowest BCUT2D eigenvalue weighted by molar-refractivity contribution is -0.192. The first-order valence-corrected chi connectivity index (χ1v) is 9.65. The highest BCUT2D eigenvalue weighted by Gasteiger charge is 2.39. The molecule has 1 heterocycles. The van der Waals surface area contributed by atoms with Crippen LogP contribution in [-0.2, 0) is 10.4 Å². The number of amides is 1. The average molecular weight is 510 g/mol. The van der Waals surface area contributed by atoms with E-state index in [1.807, 2.05) is 0 Å². The third kappa shape index (κ3) is 7.53. The van der Waals surface area contributed by atoms with Gasteiger partial charge < -0.3 is 31.5 Å². The maximum atomic E-state index is 13.3. The number of nitrogens with two attached hydrogens (primary N) is 1. The lowest BCUT2D eigenvalue weighted by Gasteiger charge is -2.26. The second-order valence-electron chi connectivity index (χ2n) is 7.26. The summed E-state index contributed by atoms with van der Waals surface area (Å²) in [5.41, 5.74) is 3.71. The van der Waals surface area contributed by atoms with E-state index >= 15 is 0 Å². The quantitative estimate of drug-likeness (QED) is 0.299. The Labute approximate surface area is 195 Å². The van der Waals surface area contributed by atoms with Gasteiger partial charge in [0.15, 0.2) is 17.1 Å². The molecule has 1 aromatic heterocycles. The summed E-state index contributed by atoms with van der Waals surface area (Å²) < 4.78 is 58.2. The van der Waals surface area contributed by atoms with E-state index in [9.17, 15) is 37.0 Å². The topological polar surface area (TPSA) is 179 Å². The summed E-state index contributed by atoms with van der Waals surface area (Å²) in [7, 11) is 0. The van der Waals surface area contributed by atoms with Crippen LogP contribution in [0.15, 0.2) is 24.4 Å². The fourth-order valence-electron chi connectivity index (χ4n) is 2.49. The second-order valence-corrected chi connectivity index (χ2v) is 7.26. The Morgan fingerprint density at radius 3 is 2.23 bits per heavy atom. The molecule has 35 heavy (non-hydrogen) atoms. The highest BCUT2D eigenvalue weighted by atomic mass is 19.4. The van der Waals surface area contributed by atoms with Crippen molar-refractivity contribution in [3.05, 3.63) is 41.2 Å². The van der Waals surface area contributed by atoms with E-state index in [4.69, 9.17) is 20.7 Å². The first kappa shape index (κ1) is 29.6. The van der Waals surface area contributed by atoms with Gasteiger partial charge in [-0.3, -0.25) is 4.79 Å². The second kappa shape index (κ2) is 11.8. The smallest absolute Gasteiger partial charge is 0.475 e. The molecule has 0 unspecified atom stereocenters. The van der Waals surface area contributed by atoms with Gasteiger partial charge in [0.05, 0.1) is 25.1 Å². The minimum absolute atomic E-state index is 0.139. The summed E-state index contributed by atoms with van der Waals surface area (Å²) in [6.07, 6.45) is -7.03. The summed E-state index contributed by atoms with van der Waals surface area (Å²) in [5, 5.41) is 38.0. The minimum Gasteiger partial charge on any atom is -0.475 e. The van der Waals surface area contributed by atoms with Crippen molar-refractivity contribution in [1.29, 1.82) is 0 Å². The van der Waals surface area contributed by atoms with Crippen molar-refractivity contribution in [2.75, 3.05) is 18.9 Å². The van der Waals surface area contributed by atoms with Gasteiger partial charge in [-0.05, 0) is 31.0 Å². The van der Waals surface area contributed by atoms with Crippen LogP contribution in [-0.4, -0.2) is 74.1 Å². The number of nitrogen functional groups attached to an aromatic ring is 1. The number of benzene rings is 1. The van der Waals surface area contributed by atoms with Gasteiger partial charge in [-0.1, -0.05) is 12.1 Å². The summed E-state index contributed by atoms with van der Waals surface area (Å²) in [6, 6.07) is 3.49. The van der Waals surface area contributed by atoms with Crippen molar-refractivity contribution in [3.8, 4) is 11.3 Å². The van der Waals surface area contributed by atoms with Crippen LogP contribution in [0.2, 0.25) is 0 Å². The SMILES string of the molecule is Cc1ccc([C@](O)(CO)C(F)F)cc1-c1cnc(N)c(C(=O)N[C@@H](C)CO)n1.O=C(O)C(F)(F)F. The molecule has 0 saturated heterocycles. The highest BCUT2D eigenvalue weighted by molar-refractivity contribution is 5.97. The Balaban J connectivity index is 0.000000762. The van der Waals surface area contributed by atoms with Crippen molar-refractivity contribution in [2.24, 2.45) is 0 Å². The summed E-state index contributed by atoms with van der Waals surface area (Å²) in [6.45, 7) is 1.81. The lowest BCUT2D eigenvalue weighted by Crippen LogP contribution is -2.38. The molecule has 1 aromatic carbocycles. The predicted molar refractivity (Wildman–Crippen MR) is 111 cm³/mol. The molecule has 0 radical (unpaired) electrons. The maximum absolute atomic E-state index is 13.3. The number of aryl methyl sites for hydroxylation is 1. The summed E-state index contributed by atoms with van der Waals surface area (Å²) in [4.78, 5) is 29.3. The molecule has 0 bridgehead atoms. The number of alkyl halides is 5. The number of carbonyl (C=O) groups excluding carboxylic acids is 1. The molecule has 0 aliphatic rings. The molecule has 194 valence electrons. The third-order valence-corrected chi connectivity index (χ3v) is 4.53. The Kier molecular flexibility index (Phi) is 9.99. The Morgan fingerprint density at radius 1 is 1.20 bits per heavy atom. The fourth-order valence-corrected chi connectivity index (χ4v) is 2.49. The Morgan fingerprint density at radius 2 is 1.77 bits per heavy atom. The zero-order valence-electron chi connectivity index (χ0n) is 18.3. The van der Waals surface area contributed by atoms with E-state index in [1.54, 1.807) is 13.8 Å². The number of carboxylic acid groups (broad SMARTS) is 1. The molecule has 15 heteroatoms. The van der Waals surface area contributed by atoms with Crippen molar-refractivity contribution in [3.63, 3.8) is 0 Å². The van der Waals surface area contributed by atoms with Crippen molar-refractivity contribution in [1.82, 2.24) is 15.3 Å². The predicted octanol–water partition coefficient (Wildman–Crippen LogP) is 1.22. The van der Waals surface area contributed by atoms with E-state index in [2.05, 4.69) is 15.3 Å². The van der Waals surface area contributed by atoms with Crippen LogP contribution in [0.5, 0.6) is 0 Å². The maximum Gasteiger partial charge on any atom is 0.490 e. The standard InChI is InChI=1S/C18H22F2N4O4.C2HF3O2/c1-9-3-4-11(18(28,8-26)17(19)20)5-12(9)13-6-22-15(21)14(24-13)16(27)23-10(2)7-25;3-2(4,5)1(6)7/h3-6,10,17,25-26,28H,7-8H2,1-2H3,(H2,21,22)(H,23,27);(H,6,7)/t10-,18+;/m0./s1. The van der Waals surface area contributed by atoms with Crippen LogP contribution in [0.3, 0.4) is 0 Å². The fraction of sp³-hybridized carbons (Fsp3) is 0.400. The first-order chi connectivity index (χ1) is 16.1. The molecule has 0 aliphatic carbocycles. The molecule has 0 saturated carbocycles. The van der Waals surface area contributed by atoms with Gasteiger partial charge in [0.2, 0.25) is 0 Å². The molecule has 0 aliphatic heterocycles. The van der Waals surface area contributed by atoms with Crippen LogP contribution < -0.4 is 11.1 Å². The van der Waals surface area contributed by atoms with E-state index < -0.39 is 42.7 Å². The van der Waals surface area contributed by atoms with E-state index in [0.29, 0.717) is 11.1 Å². The Hall–Kier alpha value is -3.43. The van der Waals surface area contributed by atoms with E-state index in [1.165, 1.54) is 24.4 Å². The number of carboxylic acids is 1. The van der Waals surface area contributed by atoms with Crippen LogP contribution in [0, 0.1) is 6.92 Å². The molecule has 2 atom stereocenters. The van der Waals surface area contributed by atoms with Gasteiger partial charge in [0.25, 0.3) is 12.3 Å². The average Bonchev–Trinajstić information content (AvgIpc) is 2.78. The number of aliphatic hydroxyl groups excluding tert-OH is 2. The lowest BCUT2D eigenvalue weighted by atomic mass is 9.91. The number of aliphatic carboxylic acids is 1. The highest BCUT2D eigenvalue weighted by Crippen LogP contribution is 2.32. The van der Waals surface area contributed by atoms with Gasteiger partial charge in [-0.15, -0.1) is 0 Å². The number of anilines is 1. The van der Waals surface area contributed by atoms with Gasteiger partial charge in [0.1, 0.15) is 0 Å². The Bertz CT molecular complexity index is 1050. The number of aliphatic hydroxyl groups is 3. The molecule has 2 rings (SSSR count). The number of nitrogens with one attached hydrogen (secondary N) is 1. The van der Waals surface area contributed by atoms with Gasteiger partial charge in [-0.2, -0.15) is 13.2 Å². The summed E-state index contributed by atoms with van der Waals surface area (Å²) >= 11 is 0. The number of hydrogen-bond donors (Lipinski definition) is 6. The van der Waals surface area contributed by atoms with Crippen molar-refractivity contribution in [2.45, 2.75) is 38.1 Å². The van der Waals surface area contributed by atoms with Crippen LogP contribution in [0.4, 0.5) is 27.8 Å². The molecule has 10 nitrogen and oxygen atoms in total. The number of nitrogens with zero attached hydrogens (tertiary/aromatic N) is 2. The molecule has 0 spiro atoms. The largest absolute Gasteiger partial charge is 0.490 e.